The Morgan fingerprint density at radius 1 is 1.46 bits per heavy atom. The molecular weight excluding hydrogens is 168 g/mol. The Bertz CT molecular complexity index is 193. The van der Waals surface area contributed by atoms with Gasteiger partial charge in [0, 0.05) is 0 Å². The summed E-state index contributed by atoms with van der Waals surface area (Å²) in [5.74, 6) is -0.217. The zero-order valence-corrected chi connectivity index (χ0v) is 8.79. The van der Waals surface area contributed by atoms with Gasteiger partial charge in [0.05, 0.1) is 6.10 Å². The van der Waals surface area contributed by atoms with Crippen LogP contribution in [0.5, 0.6) is 0 Å². The fourth-order valence-corrected chi connectivity index (χ4v) is 1.21. The Labute approximate surface area is 79.4 Å². The Hall–Kier alpha value is -0.570. The Kier molecular flexibility index (Phi) is 2.96. The van der Waals surface area contributed by atoms with E-state index in [1.165, 1.54) is 0 Å². The lowest BCUT2D eigenvalue weighted by Crippen LogP contribution is -2.27. The molecule has 0 aromatic rings. The number of hydrogen-bond acceptors (Lipinski definition) is 3. The van der Waals surface area contributed by atoms with E-state index in [2.05, 4.69) is 6.92 Å². The molecule has 0 unspecified atom stereocenters. The van der Waals surface area contributed by atoms with Crippen molar-refractivity contribution in [3.63, 3.8) is 0 Å². The average Bonchev–Trinajstić information content (AvgIpc) is 2.64. The fourth-order valence-electron chi connectivity index (χ4n) is 1.21. The maximum absolute atomic E-state index is 11.4. The van der Waals surface area contributed by atoms with Crippen LogP contribution in [0.25, 0.3) is 0 Å². The molecule has 0 aromatic carbocycles. The first-order chi connectivity index (χ1) is 5.94. The standard InChI is InChI=1S/C10H18O3/c1-5-6-7-8(12-7)9(11)13-10(2,3)4/h7-8H,5-6H2,1-4H3/t7-,8+/m1/s1. The fraction of sp³-hybridized carbons (Fsp3) is 0.900. The van der Waals surface area contributed by atoms with Gasteiger partial charge in [-0.2, -0.15) is 0 Å². The summed E-state index contributed by atoms with van der Waals surface area (Å²) in [6, 6.07) is 0. The molecule has 1 saturated heterocycles. The minimum absolute atomic E-state index is 0.111. The smallest absolute Gasteiger partial charge is 0.338 e. The van der Waals surface area contributed by atoms with Crippen LogP contribution in [0.15, 0.2) is 0 Å². The van der Waals surface area contributed by atoms with E-state index in [-0.39, 0.29) is 18.2 Å². The van der Waals surface area contributed by atoms with Crippen LogP contribution < -0.4 is 0 Å². The summed E-state index contributed by atoms with van der Waals surface area (Å²) >= 11 is 0. The van der Waals surface area contributed by atoms with Crippen molar-refractivity contribution in [2.24, 2.45) is 0 Å². The summed E-state index contributed by atoms with van der Waals surface area (Å²) in [7, 11) is 0. The van der Waals surface area contributed by atoms with Crippen molar-refractivity contribution in [3.05, 3.63) is 0 Å². The number of hydrogen-bond donors (Lipinski definition) is 0. The topological polar surface area (TPSA) is 38.8 Å². The van der Waals surface area contributed by atoms with Gasteiger partial charge in [-0.25, -0.2) is 4.79 Å². The molecule has 1 heterocycles. The molecule has 2 atom stereocenters. The number of rotatable bonds is 3. The lowest BCUT2D eigenvalue weighted by atomic mass is 10.2. The minimum Gasteiger partial charge on any atom is -0.458 e. The predicted octanol–water partition coefficient (Wildman–Crippen LogP) is 1.90. The minimum atomic E-state index is -0.403. The maximum atomic E-state index is 11.4. The second kappa shape index (κ2) is 3.66. The van der Waals surface area contributed by atoms with Gasteiger partial charge in [0.2, 0.25) is 0 Å². The molecule has 0 N–H and O–H groups in total. The molecule has 0 amide bonds. The monoisotopic (exact) mass is 186 g/mol. The number of carbonyl (C=O) groups excluding carboxylic acids is 1. The normalized spacial score (nSPS) is 27.1. The maximum Gasteiger partial charge on any atom is 0.338 e. The molecule has 3 heteroatoms. The highest BCUT2D eigenvalue weighted by molar-refractivity contribution is 5.78. The summed E-state index contributed by atoms with van der Waals surface area (Å²) in [5, 5.41) is 0. The molecule has 1 rings (SSSR count). The van der Waals surface area contributed by atoms with Crippen LogP contribution in [0.3, 0.4) is 0 Å². The lowest BCUT2D eigenvalue weighted by molar-refractivity contribution is -0.156. The largest absolute Gasteiger partial charge is 0.458 e. The van der Waals surface area contributed by atoms with Crippen molar-refractivity contribution in [2.75, 3.05) is 0 Å². The highest BCUT2D eigenvalue weighted by atomic mass is 16.6. The highest BCUT2D eigenvalue weighted by Gasteiger charge is 2.46. The molecule has 1 aliphatic heterocycles. The van der Waals surface area contributed by atoms with Crippen LogP contribution in [0, 0.1) is 0 Å². The van der Waals surface area contributed by atoms with Gasteiger partial charge >= 0.3 is 5.97 Å². The van der Waals surface area contributed by atoms with Gasteiger partial charge in [0.25, 0.3) is 0 Å². The van der Waals surface area contributed by atoms with E-state index in [9.17, 15) is 4.79 Å². The third-order valence-electron chi connectivity index (χ3n) is 1.79. The van der Waals surface area contributed by atoms with Gasteiger partial charge in [0.1, 0.15) is 5.60 Å². The molecule has 3 nitrogen and oxygen atoms in total. The van der Waals surface area contributed by atoms with Crippen LogP contribution in [-0.4, -0.2) is 23.8 Å². The van der Waals surface area contributed by atoms with Gasteiger partial charge in [-0.15, -0.1) is 0 Å². The predicted molar refractivity (Wildman–Crippen MR) is 49.4 cm³/mol. The molecule has 0 aliphatic carbocycles. The summed E-state index contributed by atoms with van der Waals surface area (Å²) in [6.07, 6.45) is 1.81. The van der Waals surface area contributed by atoms with E-state index in [1.807, 2.05) is 20.8 Å². The van der Waals surface area contributed by atoms with Crippen LogP contribution in [0.2, 0.25) is 0 Å². The highest BCUT2D eigenvalue weighted by Crippen LogP contribution is 2.28. The average molecular weight is 186 g/mol. The van der Waals surface area contributed by atoms with Crippen molar-refractivity contribution in [3.8, 4) is 0 Å². The van der Waals surface area contributed by atoms with E-state index >= 15 is 0 Å². The van der Waals surface area contributed by atoms with Crippen molar-refractivity contribution < 1.29 is 14.3 Å². The first-order valence-electron chi connectivity index (χ1n) is 4.82. The molecule has 0 bridgehead atoms. The van der Waals surface area contributed by atoms with E-state index in [4.69, 9.17) is 9.47 Å². The molecule has 1 aliphatic rings. The van der Waals surface area contributed by atoms with Crippen molar-refractivity contribution in [1.29, 1.82) is 0 Å². The molecule has 76 valence electrons. The van der Waals surface area contributed by atoms with Gasteiger partial charge in [-0.1, -0.05) is 13.3 Å². The van der Waals surface area contributed by atoms with Crippen LogP contribution in [0.1, 0.15) is 40.5 Å². The van der Waals surface area contributed by atoms with Crippen LogP contribution in [0.4, 0.5) is 0 Å². The molecule has 13 heavy (non-hydrogen) atoms. The van der Waals surface area contributed by atoms with Crippen LogP contribution >= 0.6 is 0 Å². The van der Waals surface area contributed by atoms with E-state index in [0.717, 1.165) is 12.8 Å². The van der Waals surface area contributed by atoms with Gasteiger partial charge in [-0.05, 0) is 27.2 Å². The summed E-state index contributed by atoms with van der Waals surface area (Å²) in [4.78, 5) is 11.4. The summed E-state index contributed by atoms with van der Waals surface area (Å²) < 4.78 is 10.4. The molecule has 0 spiro atoms. The number of epoxide rings is 1. The van der Waals surface area contributed by atoms with E-state index in [1.54, 1.807) is 0 Å². The third-order valence-corrected chi connectivity index (χ3v) is 1.79. The quantitative estimate of drug-likeness (QED) is 0.499. The summed E-state index contributed by atoms with van der Waals surface area (Å²) in [5.41, 5.74) is -0.403. The van der Waals surface area contributed by atoms with E-state index < -0.39 is 5.60 Å². The van der Waals surface area contributed by atoms with Crippen molar-refractivity contribution >= 4 is 5.97 Å². The lowest BCUT2D eigenvalue weighted by Gasteiger charge is -2.18. The van der Waals surface area contributed by atoms with E-state index in [0.29, 0.717) is 0 Å². The zero-order chi connectivity index (χ0) is 10.1. The van der Waals surface area contributed by atoms with Gasteiger partial charge in [-0.3, -0.25) is 0 Å². The first kappa shape index (κ1) is 10.5. The Balaban J connectivity index is 2.28. The SMILES string of the molecule is CCC[C@H]1O[C@@H]1C(=O)OC(C)(C)C. The molecule has 0 radical (unpaired) electrons. The number of esters is 1. The summed E-state index contributed by atoms with van der Waals surface area (Å²) in [6.45, 7) is 7.67. The Morgan fingerprint density at radius 3 is 2.54 bits per heavy atom. The molecular formula is C10H18O3. The molecule has 0 aromatic heterocycles. The van der Waals surface area contributed by atoms with Gasteiger partial charge < -0.3 is 9.47 Å². The molecule has 1 fully saturated rings. The second-order valence-electron chi connectivity index (χ2n) is 4.42. The second-order valence-corrected chi connectivity index (χ2v) is 4.42. The molecule has 0 saturated carbocycles. The third kappa shape index (κ3) is 3.35. The van der Waals surface area contributed by atoms with Crippen LogP contribution in [-0.2, 0) is 14.3 Å². The van der Waals surface area contributed by atoms with Gasteiger partial charge in [0.15, 0.2) is 6.10 Å². The zero-order valence-electron chi connectivity index (χ0n) is 8.79. The van der Waals surface area contributed by atoms with Crippen molar-refractivity contribution in [2.45, 2.75) is 58.3 Å². The first-order valence-corrected chi connectivity index (χ1v) is 4.82. The Morgan fingerprint density at radius 2 is 2.08 bits per heavy atom. The van der Waals surface area contributed by atoms with Crippen molar-refractivity contribution in [1.82, 2.24) is 0 Å². The number of carbonyl (C=O) groups is 1. The number of ether oxygens (including phenoxy) is 2.